The number of hydrogen-bond donors (Lipinski definition) is 0. The van der Waals surface area contributed by atoms with Crippen LogP contribution in [0.2, 0.25) is 4.34 Å². The van der Waals surface area contributed by atoms with E-state index < -0.39 is 10.0 Å². The highest BCUT2D eigenvalue weighted by Crippen LogP contribution is 2.28. The molecule has 1 amide bonds. The summed E-state index contributed by atoms with van der Waals surface area (Å²) in [6.45, 7) is 3.70. The van der Waals surface area contributed by atoms with Crippen LogP contribution in [0.15, 0.2) is 40.6 Å². The summed E-state index contributed by atoms with van der Waals surface area (Å²) in [5.74, 6) is 0.610. The maximum absolute atomic E-state index is 12.6. The van der Waals surface area contributed by atoms with Gasteiger partial charge in [-0.2, -0.15) is 4.31 Å². The number of benzene rings is 1. The largest absolute Gasteiger partial charge is 0.494 e. The number of halogens is 1. The van der Waals surface area contributed by atoms with Gasteiger partial charge in [0.05, 0.1) is 10.9 Å². The molecule has 0 N–H and O–H groups in total. The Morgan fingerprint density at radius 2 is 1.77 bits per heavy atom. The van der Waals surface area contributed by atoms with Gasteiger partial charge in [-0.15, -0.1) is 11.3 Å². The SMILES string of the molecule is CCOc1ccc(C(=O)N2CCN(S(=O)(=O)c3ccc(Cl)s3)CC2)cc1. The van der Waals surface area contributed by atoms with Crippen molar-refractivity contribution in [2.24, 2.45) is 0 Å². The minimum absolute atomic E-state index is 0.107. The number of nitrogens with zero attached hydrogens (tertiary/aromatic N) is 2. The van der Waals surface area contributed by atoms with Gasteiger partial charge in [0.15, 0.2) is 0 Å². The summed E-state index contributed by atoms with van der Waals surface area (Å²) in [6.07, 6.45) is 0. The van der Waals surface area contributed by atoms with Crippen LogP contribution < -0.4 is 4.74 Å². The molecule has 6 nitrogen and oxygen atoms in total. The Hall–Kier alpha value is -1.61. The lowest BCUT2D eigenvalue weighted by molar-refractivity contribution is 0.0698. The Bertz CT molecular complexity index is 872. The first-order valence-corrected chi connectivity index (χ1v) is 10.8. The molecule has 140 valence electrons. The average Bonchev–Trinajstić information content (AvgIpc) is 3.09. The van der Waals surface area contributed by atoms with Gasteiger partial charge in [0.1, 0.15) is 9.96 Å². The van der Waals surface area contributed by atoms with Crippen molar-refractivity contribution in [1.29, 1.82) is 0 Å². The summed E-state index contributed by atoms with van der Waals surface area (Å²) in [6, 6.07) is 10.1. The molecule has 0 bridgehead atoms. The Morgan fingerprint density at radius 1 is 1.12 bits per heavy atom. The lowest BCUT2D eigenvalue weighted by atomic mass is 10.2. The molecule has 2 heterocycles. The quantitative estimate of drug-likeness (QED) is 0.754. The standard InChI is InChI=1S/C17H19ClN2O4S2/c1-2-24-14-5-3-13(4-6-14)17(21)19-9-11-20(12-10-19)26(22,23)16-8-7-15(18)25-16/h3-8H,2,9-12H2,1H3. The van der Waals surface area contributed by atoms with Gasteiger partial charge < -0.3 is 9.64 Å². The molecule has 26 heavy (non-hydrogen) atoms. The second kappa shape index (κ2) is 7.96. The molecule has 0 atom stereocenters. The molecule has 0 saturated carbocycles. The number of sulfonamides is 1. The number of thiophene rings is 1. The highest BCUT2D eigenvalue weighted by molar-refractivity contribution is 7.91. The summed E-state index contributed by atoms with van der Waals surface area (Å²) in [7, 11) is -3.55. The molecule has 2 aromatic rings. The van der Waals surface area contributed by atoms with Gasteiger partial charge in [0, 0.05) is 31.7 Å². The molecule has 1 aliphatic rings. The smallest absolute Gasteiger partial charge is 0.253 e. The van der Waals surface area contributed by atoms with Crippen molar-refractivity contribution < 1.29 is 17.9 Å². The van der Waals surface area contributed by atoms with E-state index in [9.17, 15) is 13.2 Å². The zero-order chi connectivity index (χ0) is 18.7. The molecule has 9 heteroatoms. The fraction of sp³-hybridized carbons (Fsp3) is 0.353. The molecular formula is C17H19ClN2O4S2. The normalized spacial score (nSPS) is 15.8. The van der Waals surface area contributed by atoms with E-state index in [1.54, 1.807) is 35.2 Å². The van der Waals surface area contributed by atoms with Gasteiger partial charge in [0.2, 0.25) is 0 Å². The summed E-state index contributed by atoms with van der Waals surface area (Å²) >= 11 is 6.88. The van der Waals surface area contributed by atoms with Crippen LogP contribution in [0.3, 0.4) is 0 Å². The summed E-state index contributed by atoms with van der Waals surface area (Å²) in [5, 5.41) is 0. The first kappa shape index (κ1) is 19.2. The van der Waals surface area contributed by atoms with Crippen LogP contribution in [0, 0.1) is 0 Å². The molecule has 1 saturated heterocycles. The van der Waals surface area contributed by atoms with Gasteiger partial charge >= 0.3 is 0 Å². The average molecular weight is 415 g/mol. The van der Waals surface area contributed by atoms with E-state index in [0.29, 0.717) is 29.6 Å². The van der Waals surface area contributed by atoms with Crippen LogP contribution in [0.1, 0.15) is 17.3 Å². The molecular weight excluding hydrogens is 396 g/mol. The Kier molecular flexibility index (Phi) is 5.86. The van der Waals surface area contributed by atoms with Gasteiger partial charge in [-0.25, -0.2) is 8.42 Å². The van der Waals surface area contributed by atoms with Gasteiger partial charge in [-0.05, 0) is 43.3 Å². The molecule has 0 unspecified atom stereocenters. The zero-order valence-corrected chi connectivity index (χ0v) is 16.6. The van der Waals surface area contributed by atoms with Crippen molar-refractivity contribution in [3.05, 3.63) is 46.3 Å². The van der Waals surface area contributed by atoms with Crippen LogP contribution in [0.4, 0.5) is 0 Å². The van der Waals surface area contributed by atoms with E-state index in [-0.39, 0.29) is 23.2 Å². The molecule has 0 spiro atoms. The van der Waals surface area contributed by atoms with Crippen molar-refractivity contribution in [3.63, 3.8) is 0 Å². The first-order valence-electron chi connectivity index (χ1n) is 8.19. The van der Waals surface area contributed by atoms with E-state index in [0.717, 1.165) is 17.1 Å². The van der Waals surface area contributed by atoms with Crippen molar-refractivity contribution in [2.45, 2.75) is 11.1 Å². The second-order valence-corrected chi connectivity index (χ2v) is 9.59. The highest BCUT2D eigenvalue weighted by atomic mass is 35.5. The van der Waals surface area contributed by atoms with Gasteiger partial charge in [0.25, 0.3) is 15.9 Å². The third-order valence-corrected chi connectivity index (χ3v) is 7.68. The highest BCUT2D eigenvalue weighted by Gasteiger charge is 2.31. The number of amides is 1. The molecule has 3 rings (SSSR count). The summed E-state index contributed by atoms with van der Waals surface area (Å²) in [5.41, 5.74) is 0.565. The second-order valence-electron chi connectivity index (χ2n) is 5.71. The van der Waals surface area contributed by atoms with Crippen LogP contribution in [0.5, 0.6) is 5.75 Å². The van der Waals surface area contributed by atoms with Crippen LogP contribution in [-0.2, 0) is 10.0 Å². The number of ether oxygens (including phenoxy) is 1. The maximum atomic E-state index is 12.6. The monoisotopic (exact) mass is 414 g/mol. The fourth-order valence-electron chi connectivity index (χ4n) is 2.74. The molecule has 0 aliphatic carbocycles. The molecule has 1 aliphatic heterocycles. The molecule has 0 radical (unpaired) electrons. The predicted molar refractivity (Wildman–Crippen MR) is 102 cm³/mol. The molecule has 1 aromatic carbocycles. The number of rotatable bonds is 5. The van der Waals surface area contributed by atoms with E-state index >= 15 is 0 Å². The zero-order valence-electron chi connectivity index (χ0n) is 14.2. The van der Waals surface area contributed by atoms with Crippen molar-refractivity contribution >= 4 is 38.9 Å². The number of piperazine rings is 1. The predicted octanol–water partition coefficient (Wildman–Crippen LogP) is 2.95. The van der Waals surface area contributed by atoms with Crippen molar-refractivity contribution in [2.75, 3.05) is 32.8 Å². The van der Waals surface area contributed by atoms with E-state index in [4.69, 9.17) is 16.3 Å². The minimum Gasteiger partial charge on any atom is -0.494 e. The topological polar surface area (TPSA) is 66.9 Å². The number of hydrogen-bond acceptors (Lipinski definition) is 5. The van der Waals surface area contributed by atoms with Crippen molar-refractivity contribution in [1.82, 2.24) is 9.21 Å². The van der Waals surface area contributed by atoms with E-state index in [2.05, 4.69) is 0 Å². The van der Waals surface area contributed by atoms with Crippen LogP contribution >= 0.6 is 22.9 Å². The first-order chi connectivity index (χ1) is 12.4. The van der Waals surface area contributed by atoms with Crippen LogP contribution in [0.25, 0.3) is 0 Å². The summed E-state index contributed by atoms with van der Waals surface area (Å²) in [4.78, 5) is 14.3. The Labute approximate surface area is 162 Å². The molecule has 1 fully saturated rings. The fourth-order valence-corrected chi connectivity index (χ4v) is 5.80. The van der Waals surface area contributed by atoms with E-state index in [1.165, 1.54) is 10.4 Å². The Morgan fingerprint density at radius 3 is 2.31 bits per heavy atom. The van der Waals surface area contributed by atoms with Crippen molar-refractivity contribution in [3.8, 4) is 5.75 Å². The maximum Gasteiger partial charge on any atom is 0.253 e. The lowest BCUT2D eigenvalue weighted by Crippen LogP contribution is -2.50. The number of carbonyl (C=O) groups excluding carboxylic acids is 1. The molecule has 1 aromatic heterocycles. The van der Waals surface area contributed by atoms with Gasteiger partial charge in [-0.3, -0.25) is 4.79 Å². The third kappa shape index (κ3) is 4.03. The van der Waals surface area contributed by atoms with Gasteiger partial charge in [-0.1, -0.05) is 11.6 Å². The third-order valence-electron chi connectivity index (χ3n) is 4.08. The van der Waals surface area contributed by atoms with Crippen LogP contribution in [-0.4, -0.2) is 56.3 Å². The van der Waals surface area contributed by atoms with E-state index in [1.807, 2.05) is 6.92 Å². The minimum atomic E-state index is -3.55. The summed E-state index contributed by atoms with van der Waals surface area (Å²) < 4.78 is 32.7. The lowest BCUT2D eigenvalue weighted by Gasteiger charge is -2.33. The number of carbonyl (C=O) groups is 1. The Balaban J connectivity index is 1.63.